The first-order chi connectivity index (χ1) is 12.1. The maximum Gasteiger partial charge on any atom is 0.279 e. The number of pyridine rings is 1. The first kappa shape index (κ1) is 15.4. The van der Waals surface area contributed by atoms with Crippen LogP contribution in [0, 0.1) is 6.92 Å². The van der Waals surface area contributed by atoms with Gasteiger partial charge in [-0.1, -0.05) is 18.2 Å². The average Bonchev–Trinajstić information content (AvgIpc) is 3.03. The van der Waals surface area contributed by atoms with E-state index in [4.69, 9.17) is 4.74 Å². The lowest BCUT2D eigenvalue weighted by atomic mass is 10.2. The standard InChI is InChI=1S/C19H18N4O2/c1-13-11-16(21-23(13)15-7-4-3-5-8-15)19(24)22-12-14(2)25-18-17(22)9-6-10-20-18/h3-11,14H,12H2,1-2H3. The summed E-state index contributed by atoms with van der Waals surface area (Å²) in [6.45, 7) is 4.33. The van der Waals surface area contributed by atoms with Crippen LogP contribution in [0.25, 0.3) is 5.69 Å². The third kappa shape index (κ3) is 2.76. The first-order valence-corrected chi connectivity index (χ1v) is 8.19. The molecule has 0 N–H and O–H groups in total. The molecule has 0 aliphatic carbocycles. The van der Waals surface area contributed by atoms with Crippen molar-refractivity contribution in [3.05, 3.63) is 66.1 Å². The van der Waals surface area contributed by atoms with Crippen molar-refractivity contribution in [3.8, 4) is 11.6 Å². The highest BCUT2D eigenvalue weighted by Crippen LogP contribution is 2.31. The molecule has 1 aliphatic heterocycles. The molecular formula is C19H18N4O2. The summed E-state index contributed by atoms with van der Waals surface area (Å²) in [7, 11) is 0. The summed E-state index contributed by atoms with van der Waals surface area (Å²) in [6, 6.07) is 15.2. The van der Waals surface area contributed by atoms with Crippen LogP contribution in [0.15, 0.2) is 54.7 Å². The van der Waals surface area contributed by atoms with Crippen molar-refractivity contribution in [3.63, 3.8) is 0 Å². The van der Waals surface area contributed by atoms with Gasteiger partial charge in [-0.2, -0.15) is 5.10 Å². The number of aromatic nitrogens is 3. The number of para-hydroxylation sites is 1. The van der Waals surface area contributed by atoms with Crippen molar-refractivity contribution in [2.24, 2.45) is 0 Å². The van der Waals surface area contributed by atoms with Gasteiger partial charge in [0.25, 0.3) is 5.91 Å². The van der Waals surface area contributed by atoms with Crippen molar-refractivity contribution in [2.75, 3.05) is 11.4 Å². The van der Waals surface area contributed by atoms with Gasteiger partial charge < -0.3 is 4.74 Å². The Morgan fingerprint density at radius 1 is 1.20 bits per heavy atom. The van der Waals surface area contributed by atoms with E-state index in [1.165, 1.54) is 0 Å². The van der Waals surface area contributed by atoms with Gasteiger partial charge in [0.2, 0.25) is 5.88 Å². The van der Waals surface area contributed by atoms with E-state index in [1.807, 2.05) is 56.3 Å². The Balaban J connectivity index is 1.71. The van der Waals surface area contributed by atoms with Gasteiger partial charge in [-0.15, -0.1) is 0 Å². The molecule has 1 atom stereocenters. The van der Waals surface area contributed by atoms with Crippen molar-refractivity contribution in [1.29, 1.82) is 0 Å². The monoisotopic (exact) mass is 334 g/mol. The van der Waals surface area contributed by atoms with E-state index in [0.717, 1.165) is 11.4 Å². The van der Waals surface area contributed by atoms with Crippen LogP contribution in [-0.4, -0.2) is 33.3 Å². The fourth-order valence-corrected chi connectivity index (χ4v) is 3.00. The summed E-state index contributed by atoms with van der Waals surface area (Å²) >= 11 is 0. The lowest BCUT2D eigenvalue weighted by Gasteiger charge is -2.31. The Morgan fingerprint density at radius 3 is 2.80 bits per heavy atom. The molecule has 2 aromatic heterocycles. The largest absolute Gasteiger partial charge is 0.471 e. The third-order valence-electron chi connectivity index (χ3n) is 4.15. The van der Waals surface area contributed by atoms with E-state index in [0.29, 0.717) is 23.8 Å². The van der Waals surface area contributed by atoms with Gasteiger partial charge in [0.05, 0.1) is 12.2 Å². The summed E-state index contributed by atoms with van der Waals surface area (Å²) < 4.78 is 7.49. The second-order valence-electron chi connectivity index (χ2n) is 6.09. The Kier molecular flexibility index (Phi) is 3.72. The second-order valence-corrected chi connectivity index (χ2v) is 6.09. The Bertz CT molecular complexity index is 920. The molecule has 0 radical (unpaired) electrons. The molecule has 6 nitrogen and oxygen atoms in total. The van der Waals surface area contributed by atoms with Crippen LogP contribution in [0.3, 0.4) is 0 Å². The highest BCUT2D eigenvalue weighted by atomic mass is 16.5. The highest BCUT2D eigenvalue weighted by Gasteiger charge is 2.30. The predicted octanol–water partition coefficient (Wildman–Crippen LogP) is 3.00. The molecule has 0 saturated carbocycles. The number of aryl methyl sites for hydroxylation is 1. The lowest BCUT2D eigenvalue weighted by molar-refractivity contribution is 0.0953. The summed E-state index contributed by atoms with van der Waals surface area (Å²) in [6.07, 6.45) is 1.54. The van der Waals surface area contributed by atoms with Gasteiger partial charge in [-0.3, -0.25) is 9.69 Å². The molecule has 1 unspecified atom stereocenters. The van der Waals surface area contributed by atoms with Crippen LogP contribution >= 0.6 is 0 Å². The van der Waals surface area contributed by atoms with Crippen LogP contribution in [0.4, 0.5) is 5.69 Å². The lowest BCUT2D eigenvalue weighted by Crippen LogP contribution is -2.42. The summed E-state index contributed by atoms with van der Waals surface area (Å²) in [5.41, 5.74) is 2.92. The molecule has 3 heterocycles. The van der Waals surface area contributed by atoms with Crippen LogP contribution in [0.2, 0.25) is 0 Å². The Morgan fingerprint density at radius 2 is 2.00 bits per heavy atom. The molecule has 3 aromatic rings. The SMILES string of the molecule is Cc1cc(C(=O)N2CC(C)Oc3ncccc32)nn1-c1ccccc1. The molecule has 6 heteroatoms. The average molecular weight is 334 g/mol. The Hall–Kier alpha value is -3.15. The number of benzene rings is 1. The van der Waals surface area contributed by atoms with Crippen LogP contribution in [0.5, 0.6) is 5.88 Å². The predicted molar refractivity (Wildman–Crippen MR) is 94.3 cm³/mol. The van der Waals surface area contributed by atoms with E-state index in [9.17, 15) is 4.79 Å². The van der Waals surface area contributed by atoms with E-state index in [-0.39, 0.29) is 12.0 Å². The normalized spacial score (nSPS) is 16.2. The number of nitrogens with zero attached hydrogens (tertiary/aromatic N) is 4. The second kappa shape index (κ2) is 6.05. The minimum Gasteiger partial charge on any atom is -0.471 e. The minimum absolute atomic E-state index is 0.122. The minimum atomic E-state index is -0.151. The van der Waals surface area contributed by atoms with E-state index in [2.05, 4.69) is 10.1 Å². The molecule has 1 aliphatic rings. The van der Waals surface area contributed by atoms with Crippen LogP contribution < -0.4 is 9.64 Å². The fourth-order valence-electron chi connectivity index (χ4n) is 3.00. The van der Waals surface area contributed by atoms with Crippen LogP contribution in [0.1, 0.15) is 23.1 Å². The number of fused-ring (bicyclic) bond motifs is 1. The molecule has 1 aromatic carbocycles. The zero-order chi connectivity index (χ0) is 17.4. The molecule has 0 spiro atoms. The number of carbonyl (C=O) groups is 1. The van der Waals surface area contributed by atoms with E-state index >= 15 is 0 Å². The Labute approximate surface area is 145 Å². The molecule has 0 bridgehead atoms. The number of hydrogen-bond donors (Lipinski definition) is 0. The molecule has 0 saturated heterocycles. The van der Waals surface area contributed by atoms with E-state index in [1.54, 1.807) is 21.8 Å². The number of amides is 1. The van der Waals surface area contributed by atoms with Crippen molar-refractivity contribution < 1.29 is 9.53 Å². The summed E-state index contributed by atoms with van der Waals surface area (Å²) in [5, 5.41) is 4.52. The quantitative estimate of drug-likeness (QED) is 0.723. The van der Waals surface area contributed by atoms with Gasteiger partial charge in [-0.05, 0) is 44.2 Å². The van der Waals surface area contributed by atoms with Crippen molar-refractivity contribution in [2.45, 2.75) is 20.0 Å². The topological polar surface area (TPSA) is 60.3 Å². The molecule has 1 amide bonds. The van der Waals surface area contributed by atoms with Gasteiger partial charge >= 0.3 is 0 Å². The van der Waals surface area contributed by atoms with Crippen molar-refractivity contribution in [1.82, 2.24) is 14.8 Å². The first-order valence-electron chi connectivity index (χ1n) is 8.19. The number of ether oxygens (including phenoxy) is 1. The molecule has 4 rings (SSSR count). The number of carbonyl (C=O) groups excluding carboxylic acids is 1. The fraction of sp³-hybridized carbons (Fsp3) is 0.211. The zero-order valence-electron chi connectivity index (χ0n) is 14.1. The molecule has 0 fully saturated rings. The zero-order valence-corrected chi connectivity index (χ0v) is 14.1. The smallest absolute Gasteiger partial charge is 0.279 e. The number of hydrogen-bond acceptors (Lipinski definition) is 4. The maximum atomic E-state index is 13.1. The highest BCUT2D eigenvalue weighted by molar-refractivity contribution is 6.05. The molecular weight excluding hydrogens is 316 g/mol. The number of rotatable bonds is 2. The van der Waals surface area contributed by atoms with Gasteiger partial charge in [0.1, 0.15) is 11.8 Å². The van der Waals surface area contributed by atoms with Gasteiger partial charge in [-0.25, -0.2) is 9.67 Å². The third-order valence-corrected chi connectivity index (χ3v) is 4.15. The summed E-state index contributed by atoms with van der Waals surface area (Å²) in [4.78, 5) is 19.0. The van der Waals surface area contributed by atoms with Gasteiger partial charge in [0, 0.05) is 11.9 Å². The van der Waals surface area contributed by atoms with Crippen molar-refractivity contribution >= 4 is 11.6 Å². The van der Waals surface area contributed by atoms with Gasteiger partial charge in [0.15, 0.2) is 5.69 Å². The molecule has 25 heavy (non-hydrogen) atoms. The molecule has 126 valence electrons. The van der Waals surface area contributed by atoms with Crippen LogP contribution in [-0.2, 0) is 0 Å². The van der Waals surface area contributed by atoms with E-state index < -0.39 is 0 Å². The summed E-state index contributed by atoms with van der Waals surface area (Å²) in [5.74, 6) is 0.330. The number of anilines is 1. The maximum absolute atomic E-state index is 13.1.